The van der Waals surface area contributed by atoms with E-state index in [2.05, 4.69) is 22.5 Å². The third-order valence-corrected chi connectivity index (χ3v) is 5.29. The van der Waals surface area contributed by atoms with Crippen LogP contribution in [-0.2, 0) is 4.74 Å². The number of guanidine groups is 1. The molecule has 0 saturated heterocycles. The van der Waals surface area contributed by atoms with Crippen molar-refractivity contribution in [2.75, 3.05) is 33.4 Å². The number of aliphatic imine (C=N–C) groups is 1. The quantitative estimate of drug-likeness (QED) is 0.399. The molecule has 6 nitrogen and oxygen atoms in total. The molecular formula is C22H37N3O3. The lowest BCUT2D eigenvalue weighted by molar-refractivity contribution is 0.0169. The van der Waals surface area contributed by atoms with Crippen molar-refractivity contribution in [1.82, 2.24) is 10.6 Å². The highest BCUT2D eigenvalue weighted by Crippen LogP contribution is 2.30. The van der Waals surface area contributed by atoms with Gasteiger partial charge in [0.25, 0.3) is 0 Å². The maximum atomic E-state index is 10.4. The highest BCUT2D eigenvalue weighted by molar-refractivity contribution is 5.79. The van der Waals surface area contributed by atoms with Crippen LogP contribution < -0.4 is 15.4 Å². The fourth-order valence-electron chi connectivity index (χ4n) is 3.78. The summed E-state index contributed by atoms with van der Waals surface area (Å²) in [5.41, 5.74) is 0.832. The molecule has 3 N–H and O–H groups in total. The summed E-state index contributed by atoms with van der Waals surface area (Å²) < 4.78 is 11.1. The summed E-state index contributed by atoms with van der Waals surface area (Å²) in [5.74, 6) is 2.20. The largest absolute Gasteiger partial charge is 0.497 e. The van der Waals surface area contributed by atoms with Crippen LogP contribution in [0.15, 0.2) is 29.3 Å². The van der Waals surface area contributed by atoms with Crippen molar-refractivity contribution in [1.29, 1.82) is 0 Å². The SMILES string of the molecule is CCNC(=NCC(O)c1ccc(OC)cc1)NCCC(OCC)C1CCCC1. The Morgan fingerprint density at radius 3 is 2.50 bits per heavy atom. The first kappa shape index (κ1) is 22.5. The Bertz CT molecular complexity index is 571. The second kappa shape index (κ2) is 12.6. The molecule has 1 saturated carbocycles. The molecule has 28 heavy (non-hydrogen) atoms. The van der Waals surface area contributed by atoms with E-state index in [1.807, 2.05) is 31.2 Å². The molecule has 0 spiro atoms. The Kier molecular flexibility index (Phi) is 10.1. The van der Waals surface area contributed by atoms with Crippen LogP contribution in [0, 0.1) is 5.92 Å². The third-order valence-electron chi connectivity index (χ3n) is 5.29. The summed E-state index contributed by atoms with van der Waals surface area (Å²) in [6, 6.07) is 7.44. The zero-order valence-electron chi connectivity index (χ0n) is 17.6. The second-order valence-electron chi connectivity index (χ2n) is 7.26. The van der Waals surface area contributed by atoms with E-state index in [0.717, 1.165) is 43.4 Å². The molecule has 2 unspecified atom stereocenters. The summed E-state index contributed by atoms with van der Waals surface area (Å²) in [7, 11) is 1.63. The molecule has 2 atom stereocenters. The van der Waals surface area contributed by atoms with E-state index in [-0.39, 0.29) is 0 Å². The lowest BCUT2D eigenvalue weighted by Gasteiger charge is -2.24. The van der Waals surface area contributed by atoms with Crippen molar-refractivity contribution in [3.63, 3.8) is 0 Å². The van der Waals surface area contributed by atoms with E-state index in [0.29, 0.717) is 18.6 Å². The smallest absolute Gasteiger partial charge is 0.191 e. The highest BCUT2D eigenvalue weighted by Gasteiger charge is 2.25. The molecule has 0 heterocycles. The number of aliphatic hydroxyl groups is 1. The van der Waals surface area contributed by atoms with Gasteiger partial charge < -0.3 is 25.2 Å². The van der Waals surface area contributed by atoms with Crippen molar-refractivity contribution in [3.05, 3.63) is 29.8 Å². The Hall–Kier alpha value is -1.79. The van der Waals surface area contributed by atoms with Crippen LogP contribution in [0.2, 0.25) is 0 Å². The van der Waals surface area contributed by atoms with Crippen LogP contribution in [0.25, 0.3) is 0 Å². The molecule has 6 heteroatoms. The molecule has 0 aliphatic heterocycles. The van der Waals surface area contributed by atoms with Crippen LogP contribution in [-0.4, -0.2) is 50.5 Å². The average Bonchev–Trinajstić information content (AvgIpc) is 3.26. The highest BCUT2D eigenvalue weighted by atomic mass is 16.5. The van der Waals surface area contributed by atoms with Gasteiger partial charge in [-0.25, -0.2) is 0 Å². The van der Waals surface area contributed by atoms with Crippen LogP contribution in [0.5, 0.6) is 5.75 Å². The van der Waals surface area contributed by atoms with Gasteiger partial charge >= 0.3 is 0 Å². The van der Waals surface area contributed by atoms with Crippen LogP contribution in [0.4, 0.5) is 0 Å². The molecule has 1 aliphatic rings. The van der Waals surface area contributed by atoms with E-state index in [9.17, 15) is 5.11 Å². The molecule has 0 bridgehead atoms. The summed E-state index contributed by atoms with van der Waals surface area (Å²) in [6.07, 6.45) is 5.89. The van der Waals surface area contributed by atoms with Crippen molar-refractivity contribution in [2.45, 2.75) is 58.2 Å². The Balaban J connectivity index is 1.84. The van der Waals surface area contributed by atoms with Gasteiger partial charge in [0.1, 0.15) is 5.75 Å². The minimum Gasteiger partial charge on any atom is -0.497 e. The van der Waals surface area contributed by atoms with Crippen molar-refractivity contribution in [2.24, 2.45) is 10.9 Å². The first-order chi connectivity index (χ1) is 13.7. The molecule has 1 aromatic rings. The zero-order chi connectivity index (χ0) is 20.2. The van der Waals surface area contributed by atoms with Gasteiger partial charge in [0.2, 0.25) is 0 Å². The van der Waals surface area contributed by atoms with Gasteiger partial charge in [-0.1, -0.05) is 25.0 Å². The first-order valence-electron chi connectivity index (χ1n) is 10.6. The minimum absolute atomic E-state index is 0.305. The lowest BCUT2D eigenvalue weighted by Crippen LogP contribution is -2.39. The topological polar surface area (TPSA) is 75.1 Å². The molecule has 0 amide bonds. The van der Waals surface area contributed by atoms with E-state index in [4.69, 9.17) is 9.47 Å². The van der Waals surface area contributed by atoms with Crippen LogP contribution in [0.1, 0.15) is 57.6 Å². The number of ether oxygens (including phenoxy) is 2. The molecule has 1 aliphatic carbocycles. The number of nitrogens with zero attached hydrogens (tertiary/aromatic N) is 1. The first-order valence-corrected chi connectivity index (χ1v) is 10.6. The molecule has 1 fully saturated rings. The maximum absolute atomic E-state index is 10.4. The third kappa shape index (κ3) is 7.32. The van der Waals surface area contributed by atoms with Gasteiger partial charge in [-0.15, -0.1) is 0 Å². The number of nitrogens with one attached hydrogen (secondary N) is 2. The monoisotopic (exact) mass is 391 g/mol. The normalized spacial score (nSPS) is 17.4. The van der Waals surface area contributed by atoms with Gasteiger partial charge in [0, 0.05) is 19.7 Å². The Labute approximate surface area is 169 Å². The van der Waals surface area contributed by atoms with Crippen molar-refractivity contribution >= 4 is 5.96 Å². The molecule has 0 aromatic heterocycles. The fraction of sp³-hybridized carbons (Fsp3) is 0.682. The number of aliphatic hydroxyl groups excluding tert-OH is 1. The van der Waals surface area contributed by atoms with Gasteiger partial charge in [-0.2, -0.15) is 0 Å². The van der Waals surface area contributed by atoms with Crippen molar-refractivity contribution in [3.8, 4) is 5.75 Å². The number of hydrogen-bond donors (Lipinski definition) is 3. The van der Waals surface area contributed by atoms with E-state index < -0.39 is 6.10 Å². The Morgan fingerprint density at radius 2 is 1.89 bits per heavy atom. The number of hydrogen-bond acceptors (Lipinski definition) is 4. The minimum atomic E-state index is -0.643. The van der Waals surface area contributed by atoms with Crippen molar-refractivity contribution < 1.29 is 14.6 Å². The van der Waals surface area contributed by atoms with Gasteiger partial charge in [0.05, 0.1) is 25.9 Å². The van der Waals surface area contributed by atoms with Crippen LogP contribution in [0.3, 0.4) is 0 Å². The zero-order valence-corrected chi connectivity index (χ0v) is 17.6. The second-order valence-corrected chi connectivity index (χ2v) is 7.26. The molecule has 1 aromatic carbocycles. The van der Waals surface area contributed by atoms with Gasteiger partial charge in [-0.3, -0.25) is 4.99 Å². The van der Waals surface area contributed by atoms with E-state index in [1.54, 1.807) is 7.11 Å². The summed E-state index contributed by atoms with van der Waals surface area (Å²) in [4.78, 5) is 4.55. The van der Waals surface area contributed by atoms with Gasteiger partial charge in [0.15, 0.2) is 5.96 Å². The molecule has 2 rings (SSSR count). The molecule has 158 valence electrons. The van der Waals surface area contributed by atoms with E-state index >= 15 is 0 Å². The number of benzene rings is 1. The van der Waals surface area contributed by atoms with E-state index in [1.165, 1.54) is 25.7 Å². The fourth-order valence-corrected chi connectivity index (χ4v) is 3.78. The Morgan fingerprint density at radius 1 is 1.18 bits per heavy atom. The van der Waals surface area contributed by atoms with Gasteiger partial charge in [-0.05, 0) is 56.7 Å². The number of methoxy groups -OCH3 is 1. The summed E-state index contributed by atoms with van der Waals surface area (Å²) >= 11 is 0. The predicted octanol–water partition coefficient (Wildman–Crippen LogP) is 3.27. The predicted molar refractivity (Wildman–Crippen MR) is 114 cm³/mol. The molecular weight excluding hydrogens is 354 g/mol. The van der Waals surface area contributed by atoms with Crippen LogP contribution >= 0.6 is 0 Å². The summed E-state index contributed by atoms with van der Waals surface area (Å²) in [5, 5.41) is 17.0. The molecule has 0 radical (unpaired) electrons. The lowest BCUT2D eigenvalue weighted by atomic mass is 9.98. The number of rotatable bonds is 11. The standard InChI is InChI=1S/C22H37N3O3/c1-4-23-22(24-15-14-21(28-5-2)18-8-6-7-9-18)25-16-20(26)17-10-12-19(27-3)13-11-17/h10-13,18,20-21,26H,4-9,14-16H2,1-3H3,(H2,23,24,25). The maximum Gasteiger partial charge on any atom is 0.191 e. The summed E-state index contributed by atoms with van der Waals surface area (Å²) in [6.45, 7) is 6.77. The average molecular weight is 392 g/mol.